The van der Waals surface area contributed by atoms with Crippen molar-refractivity contribution in [1.29, 1.82) is 0 Å². The summed E-state index contributed by atoms with van der Waals surface area (Å²) in [4.78, 5) is 28.4. The minimum atomic E-state index is -0.473. The Balaban J connectivity index is 1.79. The van der Waals surface area contributed by atoms with Crippen LogP contribution in [0.15, 0.2) is 49.2 Å². The first-order valence-electron chi connectivity index (χ1n) is 8.91. The molecule has 0 aliphatic heterocycles. The van der Waals surface area contributed by atoms with Crippen LogP contribution in [0.3, 0.4) is 0 Å². The van der Waals surface area contributed by atoms with Gasteiger partial charge < -0.3 is 14.2 Å². The van der Waals surface area contributed by atoms with Gasteiger partial charge in [0.2, 0.25) is 0 Å². The molecule has 27 heavy (non-hydrogen) atoms. The van der Waals surface area contributed by atoms with Gasteiger partial charge in [-0.05, 0) is 32.0 Å². The first-order chi connectivity index (χ1) is 13.7. The highest BCUT2D eigenvalue weighted by Gasteiger charge is 2.11. The zero-order chi connectivity index (χ0) is 19.8. The van der Waals surface area contributed by atoms with E-state index in [4.69, 9.17) is 15.6 Å². The van der Waals surface area contributed by atoms with Crippen molar-refractivity contribution >= 4 is 5.97 Å². The molecule has 0 spiro atoms. The number of ether oxygens (including phenoxy) is 3. The molecule has 0 atom stereocenters. The Kier molecular flexibility index (Phi) is 5.45. The van der Waals surface area contributed by atoms with Crippen molar-refractivity contribution in [3.63, 3.8) is 0 Å². The summed E-state index contributed by atoms with van der Waals surface area (Å²) in [5.74, 6) is 1.05. The smallest absolute Gasteiger partial charge is 0.341 e. The van der Waals surface area contributed by atoms with Gasteiger partial charge in [-0.3, -0.25) is 4.98 Å². The van der Waals surface area contributed by atoms with Gasteiger partial charge in [0.1, 0.15) is 5.75 Å². The molecule has 3 aromatic heterocycles. The maximum atomic E-state index is 11.7. The Morgan fingerprint density at radius 1 is 1.15 bits per heavy atom. The summed E-state index contributed by atoms with van der Waals surface area (Å²) in [5.41, 5.74) is 0.882. The monoisotopic (exact) mass is 367 g/mol. The van der Waals surface area contributed by atoms with E-state index < -0.39 is 5.97 Å². The average Bonchev–Trinajstić information content (AvgIpc) is 2.74. The molecular formula is C19H18N4O4. The summed E-state index contributed by atoms with van der Waals surface area (Å²) < 4.78 is 23.3. The number of carbonyl (C=O) groups excluding carboxylic acids is 1. The van der Waals surface area contributed by atoms with Crippen molar-refractivity contribution in [2.75, 3.05) is 13.2 Å². The number of pyridine rings is 2. The fourth-order valence-electron chi connectivity index (χ4n) is 2.18. The molecule has 0 amide bonds. The number of esters is 1. The van der Waals surface area contributed by atoms with Gasteiger partial charge in [0.15, 0.2) is 11.6 Å². The lowest BCUT2D eigenvalue weighted by Gasteiger charge is -2.10. The number of nitrogens with zero attached hydrogens (tertiary/aromatic N) is 4. The van der Waals surface area contributed by atoms with Gasteiger partial charge in [-0.2, -0.15) is 0 Å². The van der Waals surface area contributed by atoms with Gasteiger partial charge in [0.05, 0.1) is 25.0 Å². The van der Waals surface area contributed by atoms with Gasteiger partial charge in [0, 0.05) is 31.7 Å². The molecule has 0 bridgehead atoms. The molecule has 3 aromatic rings. The van der Waals surface area contributed by atoms with Crippen molar-refractivity contribution < 1.29 is 20.4 Å². The van der Waals surface area contributed by atoms with E-state index in [0.717, 1.165) is 0 Å². The lowest BCUT2D eigenvalue weighted by atomic mass is 10.2. The maximum Gasteiger partial charge on any atom is 0.341 e. The van der Waals surface area contributed by atoms with Crippen LogP contribution >= 0.6 is 0 Å². The minimum absolute atomic E-state index is 0.129. The van der Waals surface area contributed by atoms with Crippen molar-refractivity contribution in [2.45, 2.75) is 13.8 Å². The number of hydrogen-bond donors (Lipinski definition) is 0. The number of aromatic nitrogens is 4. The minimum Gasteiger partial charge on any atom is -0.488 e. The summed E-state index contributed by atoms with van der Waals surface area (Å²) >= 11 is 0. The molecule has 3 rings (SSSR count). The summed E-state index contributed by atoms with van der Waals surface area (Å²) in [5, 5.41) is 0. The van der Waals surface area contributed by atoms with Crippen molar-refractivity contribution in [3.05, 3.63) is 54.7 Å². The first kappa shape index (κ1) is 16.9. The number of rotatable bonds is 7. The Morgan fingerprint density at radius 3 is 2.78 bits per heavy atom. The predicted molar refractivity (Wildman–Crippen MR) is 96.7 cm³/mol. The standard InChI is InChI=1S/C19H18N4O4/c1-3-25-16-6-5-7-21-18(16)27-15-8-13(9-20-12-15)17-22-10-14(11-23-17)19(24)26-4-2/h5-12H,3-4H2,1-2H3/i1D. The van der Waals surface area contributed by atoms with Crippen LogP contribution in [-0.4, -0.2) is 39.1 Å². The predicted octanol–water partition coefficient (Wildman–Crippen LogP) is 3.30. The molecule has 0 N–H and O–H groups in total. The third kappa shape index (κ3) is 4.55. The van der Waals surface area contributed by atoms with Crippen LogP contribution in [0.4, 0.5) is 0 Å². The van der Waals surface area contributed by atoms with E-state index in [9.17, 15) is 4.79 Å². The molecule has 8 nitrogen and oxygen atoms in total. The quantitative estimate of drug-likeness (QED) is 0.587. The normalized spacial score (nSPS) is 10.8. The molecule has 0 unspecified atom stereocenters. The third-order valence-corrected chi connectivity index (χ3v) is 3.34. The van der Waals surface area contributed by atoms with Gasteiger partial charge in [-0.25, -0.2) is 19.7 Å². The van der Waals surface area contributed by atoms with E-state index in [2.05, 4.69) is 19.9 Å². The Hall–Kier alpha value is -3.55. The number of carbonyl (C=O) groups is 1. The molecule has 138 valence electrons. The van der Waals surface area contributed by atoms with Gasteiger partial charge in [0.25, 0.3) is 5.88 Å². The average molecular weight is 367 g/mol. The molecule has 0 fully saturated rings. The molecular weight excluding hydrogens is 348 g/mol. The van der Waals surface area contributed by atoms with E-state index in [1.165, 1.54) is 18.6 Å². The summed E-state index contributed by atoms with van der Waals surface area (Å²) in [6.07, 6.45) is 7.50. The van der Waals surface area contributed by atoms with Crippen LogP contribution in [-0.2, 0) is 4.74 Å². The lowest BCUT2D eigenvalue weighted by Crippen LogP contribution is -2.06. The SMILES string of the molecule is [2H]CCOc1cccnc1Oc1cncc(-c2ncc(C(=O)OCC)cn2)c1. The second-order valence-electron chi connectivity index (χ2n) is 5.18. The van der Waals surface area contributed by atoms with E-state index >= 15 is 0 Å². The van der Waals surface area contributed by atoms with Crippen molar-refractivity contribution in [1.82, 2.24) is 19.9 Å². The molecule has 8 heteroatoms. The van der Waals surface area contributed by atoms with E-state index in [-0.39, 0.29) is 31.6 Å². The van der Waals surface area contributed by atoms with Crippen LogP contribution in [0, 0.1) is 0 Å². The highest BCUT2D eigenvalue weighted by Crippen LogP contribution is 2.30. The Bertz CT molecular complexity index is 937. The first-order valence-corrected chi connectivity index (χ1v) is 8.20. The third-order valence-electron chi connectivity index (χ3n) is 3.34. The van der Waals surface area contributed by atoms with Crippen LogP contribution in [0.1, 0.15) is 25.6 Å². The fourth-order valence-corrected chi connectivity index (χ4v) is 2.18. The molecule has 0 aliphatic rings. The zero-order valence-corrected chi connectivity index (χ0v) is 14.7. The summed E-state index contributed by atoms with van der Waals surface area (Å²) in [6, 6.07) is 5.14. The topological polar surface area (TPSA) is 96.3 Å². The van der Waals surface area contributed by atoms with E-state index in [0.29, 0.717) is 22.9 Å². The maximum absolute atomic E-state index is 11.7. The molecule has 0 saturated carbocycles. The summed E-state index contributed by atoms with van der Waals surface area (Å²) in [6.45, 7) is 2.38. The zero-order valence-electron chi connectivity index (χ0n) is 15.7. The van der Waals surface area contributed by atoms with Crippen LogP contribution < -0.4 is 9.47 Å². The van der Waals surface area contributed by atoms with Crippen LogP contribution in [0.5, 0.6) is 17.4 Å². The molecule has 0 aliphatic carbocycles. The number of hydrogen-bond acceptors (Lipinski definition) is 8. The van der Waals surface area contributed by atoms with Gasteiger partial charge in [-0.15, -0.1) is 0 Å². The largest absolute Gasteiger partial charge is 0.488 e. The Morgan fingerprint density at radius 2 is 2.00 bits per heavy atom. The highest BCUT2D eigenvalue weighted by molar-refractivity contribution is 5.88. The second kappa shape index (κ2) is 8.70. The van der Waals surface area contributed by atoms with E-state index in [1.807, 2.05) is 0 Å². The highest BCUT2D eigenvalue weighted by atomic mass is 16.5. The van der Waals surface area contributed by atoms with Crippen LogP contribution in [0.25, 0.3) is 11.4 Å². The van der Waals surface area contributed by atoms with Crippen LogP contribution in [0.2, 0.25) is 0 Å². The summed E-state index contributed by atoms with van der Waals surface area (Å²) in [7, 11) is 0. The van der Waals surface area contributed by atoms with Gasteiger partial charge >= 0.3 is 5.97 Å². The molecule has 0 radical (unpaired) electrons. The van der Waals surface area contributed by atoms with E-state index in [1.54, 1.807) is 37.5 Å². The second-order valence-corrected chi connectivity index (χ2v) is 5.18. The molecule has 0 aromatic carbocycles. The lowest BCUT2D eigenvalue weighted by molar-refractivity contribution is 0.0525. The molecule has 0 saturated heterocycles. The van der Waals surface area contributed by atoms with Gasteiger partial charge in [-0.1, -0.05) is 0 Å². The van der Waals surface area contributed by atoms with Crippen molar-refractivity contribution in [3.8, 4) is 28.8 Å². The fraction of sp³-hybridized carbons (Fsp3) is 0.211. The Labute approximate surface area is 157 Å². The molecule has 3 heterocycles. The van der Waals surface area contributed by atoms with Crippen molar-refractivity contribution in [2.24, 2.45) is 0 Å².